The molecule has 0 aliphatic heterocycles. The molecule has 16 heavy (non-hydrogen) atoms. The average molecular weight is 225 g/mol. The van der Waals surface area contributed by atoms with E-state index in [0.29, 0.717) is 0 Å². The number of nitrogens with one attached hydrogen (secondary N) is 1. The van der Waals surface area contributed by atoms with E-state index in [9.17, 15) is 4.39 Å². The molecule has 1 rings (SSSR count). The summed E-state index contributed by atoms with van der Waals surface area (Å²) >= 11 is 0. The number of hydrogen-bond acceptors (Lipinski definition) is 2. The van der Waals surface area contributed by atoms with Crippen LogP contribution in [0.25, 0.3) is 0 Å². The van der Waals surface area contributed by atoms with Crippen molar-refractivity contribution in [3.05, 3.63) is 35.6 Å². The van der Waals surface area contributed by atoms with Crippen LogP contribution in [-0.2, 0) is 5.41 Å². The molecular formula is C13H20FNO. The van der Waals surface area contributed by atoms with Crippen molar-refractivity contribution in [1.29, 1.82) is 0 Å². The second-order valence-electron chi connectivity index (χ2n) is 4.65. The minimum Gasteiger partial charge on any atom is -0.396 e. The largest absolute Gasteiger partial charge is 0.396 e. The predicted molar refractivity (Wildman–Crippen MR) is 64.0 cm³/mol. The number of aliphatic hydroxyl groups is 1. The Bertz CT molecular complexity index is 325. The molecule has 0 atom stereocenters. The van der Waals surface area contributed by atoms with E-state index in [0.717, 1.165) is 25.1 Å². The van der Waals surface area contributed by atoms with Crippen molar-refractivity contribution < 1.29 is 9.50 Å². The van der Waals surface area contributed by atoms with Crippen LogP contribution in [0.2, 0.25) is 0 Å². The average Bonchev–Trinajstić information content (AvgIpc) is 2.24. The molecule has 1 aromatic carbocycles. The Labute approximate surface area is 96.5 Å². The standard InChI is InChI=1S/C13H20FNO/c1-13(2,10-15-7-4-8-16)11-5-3-6-12(14)9-11/h3,5-6,9,15-16H,4,7-8,10H2,1-2H3. The molecule has 0 radical (unpaired) electrons. The van der Waals surface area contributed by atoms with Crippen LogP contribution < -0.4 is 5.32 Å². The summed E-state index contributed by atoms with van der Waals surface area (Å²) in [4.78, 5) is 0. The fourth-order valence-electron chi connectivity index (χ4n) is 1.62. The van der Waals surface area contributed by atoms with Gasteiger partial charge in [0.05, 0.1) is 0 Å². The topological polar surface area (TPSA) is 32.3 Å². The second-order valence-corrected chi connectivity index (χ2v) is 4.65. The molecule has 0 saturated carbocycles. The Morgan fingerprint density at radius 3 is 2.75 bits per heavy atom. The van der Waals surface area contributed by atoms with Gasteiger partial charge in [-0.3, -0.25) is 0 Å². The van der Waals surface area contributed by atoms with Gasteiger partial charge >= 0.3 is 0 Å². The number of rotatable bonds is 6. The highest BCUT2D eigenvalue weighted by molar-refractivity contribution is 5.24. The van der Waals surface area contributed by atoms with Crippen LogP contribution >= 0.6 is 0 Å². The maximum absolute atomic E-state index is 13.1. The molecule has 0 aliphatic carbocycles. The lowest BCUT2D eigenvalue weighted by molar-refractivity contribution is 0.284. The maximum Gasteiger partial charge on any atom is 0.123 e. The van der Waals surface area contributed by atoms with Gasteiger partial charge in [0.2, 0.25) is 0 Å². The minimum atomic E-state index is -0.194. The number of aliphatic hydroxyl groups excluding tert-OH is 1. The van der Waals surface area contributed by atoms with Crippen molar-refractivity contribution in [1.82, 2.24) is 5.32 Å². The summed E-state index contributed by atoms with van der Waals surface area (Å²) in [7, 11) is 0. The summed E-state index contributed by atoms with van der Waals surface area (Å²) in [5.74, 6) is -0.194. The van der Waals surface area contributed by atoms with Crippen LogP contribution in [0.1, 0.15) is 25.8 Å². The monoisotopic (exact) mass is 225 g/mol. The third kappa shape index (κ3) is 3.91. The zero-order valence-corrected chi connectivity index (χ0v) is 9.96. The number of hydrogen-bond donors (Lipinski definition) is 2. The van der Waals surface area contributed by atoms with Crippen molar-refractivity contribution in [2.75, 3.05) is 19.7 Å². The summed E-state index contributed by atoms with van der Waals surface area (Å²) in [6.07, 6.45) is 0.749. The lowest BCUT2D eigenvalue weighted by Crippen LogP contribution is -2.33. The first kappa shape index (κ1) is 13.1. The van der Waals surface area contributed by atoms with E-state index in [-0.39, 0.29) is 17.8 Å². The smallest absolute Gasteiger partial charge is 0.123 e. The first-order chi connectivity index (χ1) is 7.56. The molecule has 0 aromatic heterocycles. The van der Waals surface area contributed by atoms with E-state index in [4.69, 9.17) is 5.11 Å². The Morgan fingerprint density at radius 1 is 1.38 bits per heavy atom. The molecule has 3 heteroatoms. The highest BCUT2D eigenvalue weighted by Gasteiger charge is 2.20. The molecular weight excluding hydrogens is 205 g/mol. The zero-order chi connectivity index (χ0) is 12.0. The van der Waals surface area contributed by atoms with Gasteiger partial charge in [-0.15, -0.1) is 0 Å². The SMILES string of the molecule is CC(C)(CNCCCO)c1cccc(F)c1. The van der Waals surface area contributed by atoms with Crippen molar-refractivity contribution >= 4 is 0 Å². The highest BCUT2D eigenvalue weighted by Crippen LogP contribution is 2.22. The summed E-state index contributed by atoms with van der Waals surface area (Å²) in [5, 5.41) is 11.9. The van der Waals surface area contributed by atoms with E-state index < -0.39 is 0 Å². The third-order valence-electron chi connectivity index (χ3n) is 2.68. The second kappa shape index (κ2) is 5.97. The lowest BCUT2D eigenvalue weighted by Gasteiger charge is -2.25. The number of halogens is 1. The first-order valence-electron chi connectivity index (χ1n) is 5.64. The molecule has 2 nitrogen and oxygen atoms in total. The molecule has 0 bridgehead atoms. The summed E-state index contributed by atoms with van der Waals surface area (Å²) in [6.45, 7) is 5.92. The van der Waals surface area contributed by atoms with E-state index >= 15 is 0 Å². The zero-order valence-electron chi connectivity index (χ0n) is 9.96. The van der Waals surface area contributed by atoms with Crippen molar-refractivity contribution in [2.24, 2.45) is 0 Å². The molecule has 0 saturated heterocycles. The van der Waals surface area contributed by atoms with Crippen molar-refractivity contribution in [3.8, 4) is 0 Å². The van der Waals surface area contributed by atoms with Gasteiger partial charge in [-0.2, -0.15) is 0 Å². The van der Waals surface area contributed by atoms with Gasteiger partial charge in [0.25, 0.3) is 0 Å². The van der Waals surface area contributed by atoms with Crippen LogP contribution in [0.15, 0.2) is 24.3 Å². The van der Waals surface area contributed by atoms with Crippen LogP contribution in [0.4, 0.5) is 4.39 Å². The Hall–Kier alpha value is -0.930. The molecule has 0 amide bonds. The van der Waals surface area contributed by atoms with Crippen LogP contribution in [0.3, 0.4) is 0 Å². The molecule has 0 spiro atoms. The van der Waals surface area contributed by atoms with E-state index in [1.54, 1.807) is 12.1 Å². The van der Waals surface area contributed by atoms with Gasteiger partial charge in [0.15, 0.2) is 0 Å². The minimum absolute atomic E-state index is 0.0996. The summed E-state index contributed by atoms with van der Waals surface area (Å²) < 4.78 is 13.1. The Kier molecular flexibility index (Phi) is 4.90. The molecule has 0 heterocycles. The summed E-state index contributed by atoms with van der Waals surface area (Å²) in [6, 6.07) is 6.71. The van der Waals surface area contributed by atoms with Crippen molar-refractivity contribution in [2.45, 2.75) is 25.7 Å². The van der Waals surface area contributed by atoms with Gasteiger partial charge in [0, 0.05) is 18.6 Å². The number of benzene rings is 1. The van der Waals surface area contributed by atoms with Crippen LogP contribution in [-0.4, -0.2) is 24.8 Å². The van der Waals surface area contributed by atoms with Gasteiger partial charge in [-0.25, -0.2) is 4.39 Å². The normalized spacial score (nSPS) is 11.8. The molecule has 0 unspecified atom stereocenters. The molecule has 1 aromatic rings. The highest BCUT2D eigenvalue weighted by atomic mass is 19.1. The van der Waals surface area contributed by atoms with Crippen molar-refractivity contribution in [3.63, 3.8) is 0 Å². The predicted octanol–water partition coefficient (Wildman–Crippen LogP) is 2.08. The maximum atomic E-state index is 13.1. The molecule has 90 valence electrons. The van der Waals surface area contributed by atoms with Gasteiger partial charge in [-0.05, 0) is 30.7 Å². The third-order valence-corrected chi connectivity index (χ3v) is 2.68. The van der Waals surface area contributed by atoms with Crippen LogP contribution in [0, 0.1) is 5.82 Å². The fraction of sp³-hybridized carbons (Fsp3) is 0.538. The molecule has 0 aliphatic rings. The van der Waals surface area contributed by atoms with E-state index in [1.165, 1.54) is 6.07 Å². The summed E-state index contributed by atoms with van der Waals surface area (Å²) in [5.41, 5.74) is 0.890. The Morgan fingerprint density at radius 2 is 2.12 bits per heavy atom. The Balaban J connectivity index is 2.55. The quantitative estimate of drug-likeness (QED) is 0.726. The molecule has 2 N–H and O–H groups in total. The molecule has 0 fully saturated rings. The fourth-order valence-corrected chi connectivity index (χ4v) is 1.62. The van der Waals surface area contributed by atoms with Gasteiger partial charge in [-0.1, -0.05) is 26.0 Å². The van der Waals surface area contributed by atoms with Gasteiger partial charge in [0.1, 0.15) is 5.82 Å². The lowest BCUT2D eigenvalue weighted by atomic mass is 9.84. The van der Waals surface area contributed by atoms with E-state index in [1.807, 2.05) is 6.07 Å². The van der Waals surface area contributed by atoms with Gasteiger partial charge < -0.3 is 10.4 Å². The van der Waals surface area contributed by atoms with E-state index in [2.05, 4.69) is 19.2 Å². The first-order valence-corrected chi connectivity index (χ1v) is 5.64. The van der Waals surface area contributed by atoms with Crippen LogP contribution in [0.5, 0.6) is 0 Å².